The van der Waals surface area contributed by atoms with Crippen LogP contribution in [-0.2, 0) is 0 Å². The number of hydrogen-bond acceptors (Lipinski definition) is 5. The minimum Gasteiger partial charge on any atom is -0.397 e. The molecule has 1 aliphatic rings. The molecular formula is C14H21N5. The molecule has 2 heterocycles. The Morgan fingerprint density at radius 1 is 1.26 bits per heavy atom. The van der Waals surface area contributed by atoms with Crippen LogP contribution < -0.4 is 10.6 Å². The number of nitrogens with zero attached hydrogens (tertiary/aromatic N) is 4. The van der Waals surface area contributed by atoms with E-state index in [-0.39, 0.29) is 5.54 Å². The fourth-order valence-electron chi connectivity index (χ4n) is 2.40. The Balaban J connectivity index is 2.12. The Hall–Kier alpha value is -1.80. The van der Waals surface area contributed by atoms with Crippen molar-refractivity contribution in [3.05, 3.63) is 17.8 Å². The first-order chi connectivity index (χ1) is 8.91. The van der Waals surface area contributed by atoms with Gasteiger partial charge in [-0.25, -0.2) is 4.98 Å². The number of aromatic nitrogens is 1. The van der Waals surface area contributed by atoms with Gasteiger partial charge in [-0.1, -0.05) is 0 Å². The Bertz CT molecular complexity index is 490. The number of rotatable bonds is 1. The van der Waals surface area contributed by atoms with Crippen molar-refractivity contribution in [1.82, 2.24) is 9.88 Å². The van der Waals surface area contributed by atoms with E-state index < -0.39 is 0 Å². The number of nitriles is 1. The molecule has 2 N–H and O–H groups in total. The van der Waals surface area contributed by atoms with Gasteiger partial charge in [-0.15, -0.1) is 0 Å². The molecule has 5 heteroatoms. The first kappa shape index (κ1) is 13.6. The summed E-state index contributed by atoms with van der Waals surface area (Å²) in [7, 11) is 0. The fourth-order valence-corrected chi connectivity index (χ4v) is 2.40. The van der Waals surface area contributed by atoms with Crippen molar-refractivity contribution in [2.24, 2.45) is 0 Å². The van der Waals surface area contributed by atoms with Crippen molar-refractivity contribution < 1.29 is 0 Å². The van der Waals surface area contributed by atoms with Crippen molar-refractivity contribution in [2.75, 3.05) is 36.8 Å². The van der Waals surface area contributed by atoms with E-state index in [4.69, 9.17) is 5.73 Å². The molecule has 0 spiro atoms. The van der Waals surface area contributed by atoms with Gasteiger partial charge in [0.05, 0.1) is 17.4 Å². The van der Waals surface area contributed by atoms with E-state index in [1.54, 1.807) is 12.3 Å². The van der Waals surface area contributed by atoms with E-state index in [1.807, 2.05) is 0 Å². The standard InChI is InChI=1S/C14H21N5/c1-14(2,3)19-6-4-18(5-7-19)13-11(9-15)8-12(16)10-17-13/h8,10H,4-7,16H2,1-3H3. The Morgan fingerprint density at radius 2 is 1.89 bits per heavy atom. The molecule has 19 heavy (non-hydrogen) atoms. The van der Waals surface area contributed by atoms with E-state index in [9.17, 15) is 5.26 Å². The molecular weight excluding hydrogens is 238 g/mol. The molecule has 102 valence electrons. The molecule has 0 unspecified atom stereocenters. The summed E-state index contributed by atoms with van der Waals surface area (Å²) < 4.78 is 0. The van der Waals surface area contributed by atoms with Crippen LogP contribution in [0.15, 0.2) is 12.3 Å². The molecule has 2 rings (SSSR count). The van der Waals surface area contributed by atoms with Crippen molar-refractivity contribution in [2.45, 2.75) is 26.3 Å². The van der Waals surface area contributed by atoms with Crippen molar-refractivity contribution in [3.63, 3.8) is 0 Å². The summed E-state index contributed by atoms with van der Waals surface area (Å²) in [5, 5.41) is 9.17. The van der Waals surface area contributed by atoms with Gasteiger partial charge < -0.3 is 10.6 Å². The molecule has 0 radical (unpaired) electrons. The molecule has 0 bridgehead atoms. The molecule has 0 aromatic carbocycles. The first-order valence-corrected chi connectivity index (χ1v) is 6.57. The van der Waals surface area contributed by atoms with Gasteiger partial charge >= 0.3 is 0 Å². The lowest BCUT2D eigenvalue weighted by molar-refractivity contribution is 0.128. The number of pyridine rings is 1. The highest BCUT2D eigenvalue weighted by Crippen LogP contribution is 2.23. The monoisotopic (exact) mass is 259 g/mol. The van der Waals surface area contributed by atoms with Crippen molar-refractivity contribution in [3.8, 4) is 6.07 Å². The lowest BCUT2D eigenvalue weighted by Crippen LogP contribution is -2.53. The molecule has 1 aliphatic heterocycles. The Kier molecular flexibility index (Phi) is 3.63. The highest BCUT2D eigenvalue weighted by molar-refractivity contribution is 5.59. The third kappa shape index (κ3) is 2.96. The normalized spacial score (nSPS) is 17.3. The Morgan fingerprint density at radius 3 is 2.42 bits per heavy atom. The number of nitrogen functional groups attached to an aromatic ring is 1. The van der Waals surface area contributed by atoms with Gasteiger partial charge in [-0.3, -0.25) is 4.90 Å². The summed E-state index contributed by atoms with van der Waals surface area (Å²) in [6.07, 6.45) is 1.62. The second-order valence-corrected chi connectivity index (χ2v) is 5.90. The maximum atomic E-state index is 9.17. The maximum absolute atomic E-state index is 9.17. The summed E-state index contributed by atoms with van der Waals surface area (Å²) in [6, 6.07) is 3.87. The second kappa shape index (κ2) is 5.06. The van der Waals surface area contributed by atoms with E-state index in [0.717, 1.165) is 32.0 Å². The first-order valence-electron chi connectivity index (χ1n) is 6.57. The summed E-state index contributed by atoms with van der Waals surface area (Å²) in [5.41, 5.74) is 6.96. The molecule has 5 nitrogen and oxygen atoms in total. The summed E-state index contributed by atoms with van der Waals surface area (Å²) in [4.78, 5) is 8.94. The molecule has 1 saturated heterocycles. The van der Waals surface area contributed by atoms with Crippen LogP contribution >= 0.6 is 0 Å². The highest BCUT2D eigenvalue weighted by Gasteiger charge is 2.27. The molecule has 0 aliphatic carbocycles. The topological polar surface area (TPSA) is 69.2 Å². The largest absolute Gasteiger partial charge is 0.397 e. The van der Waals surface area contributed by atoms with Crippen LogP contribution in [0.25, 0.3) is 0 Å². The smallest absolute Gasteiger partial charge is 0.146 e. The van der Waals surface area contributed by atoms with E-state index >= 15 is 0 Å². The van der Waals surface area contributed by atoms with Crippen LogP contribution in [-0.4, -0.2) is 41.6 Å². The number of nitrogens with two attached hydrogens (primary N) is 1. The summed E-state index contributed by atoms with van der Waals surface area (Å²) in [6.45, 7) is 10.4. The minimum atomic E-state index is 0.193. The molecule has 1 aromatic rings. The van der Waals surface area contributed by atoms with Crippen molar-refractivity contribution >= 4 is 11.5 Å². The van der Waals surface area contributed by atoms with Crippen LogP contribution in [0.2, 0.25) is 0 Å². The maximum Gasteiger partial charge on any atom is 0.146 e. The molecule has 0 atom stereocenters. The van der Waals surface area contributed by atoms with Crippen LogP contribution in [0.3, 0.4) is 0 Å². The third-order valence-corrected chi connectivity index (χ3v) is 3.54. The average molecular weight is 259 g/mol. The lowest BCUT2D eigenvalue weighted by atomic mass is 10.0. The summed E-state index contributed by atoms with van der Waals surface area (Å²) >= 11 is 0. The quantitative estimate of drug-likeness (QED) is 0.826. The van der Waals surface area contributed by atoms with Gasteiger partial charge in [0.25, 0.3) is 0 Å². The molecule has 0 saturated carbocycles. The highest BCUT2D eigenvalue weighted by atomic mass is 15.3. The average Bonchev–Trinajstić information content (AvgIpc) is 2.37. The fraction of sp³-hybridized carbons (Fsp3) is 0.571. The number of piperazine rings is 1. The zero-order chi connectivity index (χ0) is 14.0. The van der Waals surface area contributed by atoms with Crippen LogP contribution in [0.4, 0.5) is 11.5 Å². The predicted octanol–water partition coefficient (Wildman–Crippen LogP) is 1.46. The Labute approximate surface area is 114 Å². The third-order valence-electron chi connectivity index (χ3n) is 3.54. The zero-order valence-corrected chi connectivity index (χ0v) is 11.8. The van der Waals surface area contributed by atoms with E-state index in [1.165, 1.54) is 0 Å². The van der Waals surface area contributed by atoms with Gasteiger partial charge in [0.1, 0.15) is 11.9 Å². The van der Waals surface area contributed by atoms with Gasteiger partial charge in [0, 0.05) is 31.7 Å². The second-order valence-electron chi connectivity index (χ2n) is 5.90. The van der Waals surface area contributed by atoms with E-state index in [0.29, 0.717) is 11.3 Å². The van der Waals surface area contributed by atoms with Crippen LogP contribution in [0, 0.1) is 11.3 Å². The SMILES string of the molecule is CC(C)(C)N1CCN(c2ncc(N)cc2C#N)CC1. The predicted molar refractivity (Wildman–Crippen MR) is 76.9 cm³/mol. The summed E-state index contributed by atoms with van der Waals surface area (Å²) in [5.74, 6) is 0.755. The molecule has 1 fully saturated rings. The van der Waals surface area contributed by atoms with Crippen LogP contribution in [0.5, 0.6) is 0 Å². The molecule has 1 aromatic heterocycles. The van der Waals surface area contributed by atoms with Crippen molar-refractivity contribution in [1.29, 1.82) is 5.26 Å². The lowest BCUT2D eigenvalue weighted by Gasteiger charge is -2.42. The van der Waals surface area contributed by atoms with Crippen LogP contribution in [0.1, 0.15) is 26.3 Å². The zero-order valence-electron chi connectivity index (χ0n) is 11.8. The van der Waals surface area contributed by atoms with Gasteiger partial charge in [0.15, 0.2) is 0 Å². The number of anilines is 2. The van der Waals surface area contributed by atoms with Gasteiger partial charge in [-0.2, -0.15) is 5.26 Å². The van der Waals surface area contributed by atoms with Gasteiger partial charge in [0.2, 0.25) is 0 Å². The van der Waals surface area contributed by atoms with Gasteiger partial charge in [-0.05, 0) is 26.8 Å². The van der Waals surface area contributed by atoms with E-state index in [2.05, 4.69) is 41.6 Å². The number of hydrogen-bond donors (Lipinski definition) is 1. The molecule has 0 amide bonds. The minimum absolute atomic E-state index is 0.193.